The molecular weight excluding hydrogens is 376 g/mol. The van der Waals surface area contributed by atoms with Gasteiger partial charge in [0.15, 0.2) is 0 Å². The summed E-state index contributed by atoms with van der Waals surface area (Å²) in [5.74, 6) is 0. The number of amides is 2. The van der Waals surface area contributed by atoms with Gasteiger partial charge in [0.2, 0.25) is 0 Å². The first-order chi connectivity index (χ1) is 13.2. The summed E-state index contributed by atoms with van der Waals surface area (Å²) < 4.78 is 10.9. The van der Waals surface area contributed by atoms with E-state index >= 15 is 0 Å². The Hall–Kier alpha value is -1.76. The van der Waals surface area contributed by atoms with Gasteiger partial charge < -0.3 is 19.7 Å². The summed E-state index contributed by atoms with van der Waals surface area (Å²) in [6, 6.07) is 3.74. The molecule has 0 aliphatic rings. The van der Waals surface area contributed by atoms with E-state index in [9.17, 15) is 9.59 Å². The first kappa shape index (κ1) is 24.3. The van der Waals surface area contributed by atoms with Crippen molar-refractivity contribution in [3.63, 3.8) is 0 Å². The smallest absolute Gasteiger partial charge is 0.410 e. The highest BCUT2D eigenvalue weighted by Crippen LogP contribution is 2.14. The monoisotopic (exact) mass is 412 g/mol. The van der Waals surface area contributed by atoms with Gasteiger partial charge in [0.05, 0.1) is 12.6 Å². The predicted molar refractivity (Wildman–Crippen MR) is 114 cm³/mol. The molecule has 160 valence electrons. The fourth-order valence-corrected chi connectivity index (χ4v) is 3.28. The van der Waals surface area contributed by atoms with E-state index in [0.717, 1.165) is 37.0 Å². The molecule has 1 N–H and O–H groups in total. The lowest BCUT2D eigenvalue weighted by molar-refractivity contribution is 0.0444. The minimum absolute atomic E-state index is 0.144. The average molecular weight is 413 g/mol. The highest BCUT2D eigenvalue weighted by Gasteiger charge is 2.22. The molecular formula is C21H36N2O4S. The zero-order chi connectivity index (χ0) is 21.0. The largest absolute Gasteiger partial charge is 0.447 e. The van der Waals surface area contributed by atoms with Crippen LogP contribution in [0.5, 0.6) is 0 Å². The Kier molecular flexibility index (Phi) is 11.0. The molecule has 0 radical (unpaired) electrons. The Balaban J connectivity index is 2.62. The molecule has 0 aliphatic carbocycles. The van der Waals surface area contributed by atoms with Crippen LogP contribution in [0.3, 0.4) is 0 Å². The van der Waals surface area contributed by atoms with Crippen LogP contribution in [0.25, 0.3) is 0 Å². The molecule has 6 nitrogen and oxygen atoms in total. The maximum absolute atomic E-state index is 12.6. The second-order valence-corrected chi connectivity index (χ2v) is 8.95. The fourth-order valence-electron chi connectivity index (χ4n) is 2.56. The van der Waals surface area contributed by atoms with Gasteiger partial charge in [-0.2, -0.15) is 0 Å². The second-order valence-electron chi connectivity index (χ2n) is 7.92. The van der Waals surface area contributed by atoms with E-state index < -0.39 is 11.7 Å². The lowest BCUT2D eigenvalue weighted by atomic mass is 10.1. The molecule has 0 aromatic carbocycles. The predicted octanol–water partition coefficient (Wildman–Crippen LogP) is 5.57. The minimum atomic E-state index is -0.562. The third-order valence-corrected chi connectivity index (χ3v) is 4.86. The summed E-state index contributed by atoms with van der Waals surface area (Å²) in [7, 11) is 0. The number of nitrogens with one attached hydrogen (secondary N) is 1. The van der Waals surface area contributed by atoms with Crippen LogP contribution in [0.15, 0.2) is 17.5 Å². The van der Waals surface area contributed by atoms with Gasteiger partial charge in [-0.15, -0.1) is 11.3 Å². The van der Waals surface area contributed by atoms with Crippen LogP contribution in [0.1, 0.15) is 71.6 Å². The summed E-state index contributed by atoms with van der Waals surface area (Å²) in [6.07, 6.45) is 3.79. The molecule has 1 atom stereocenters. The van der Waals surface area contributed by atoms with E-state index in [1.54, 1.807) is 16.2 Å². The van der Waals surface area contributed by atoms with Crippen LogP contribution in [0.2, 0.25) is 0 Å². The molecule has 0 saturated carbocycles. The molecule has 0 aliphatic heterocycles. The third-order valence-electron chi connectivity index (χ3n) is 4.00. The van der Waals surface area contributed by atoms with Gasteiger partial charge in [0, 0.05) is 11.4 Å². The number of hydrogen-bond donors (Lipinski definition) is 1. The summed E-state index contributed by atoms with van der Waals surface area (Å²) >= 11 is 1.63. The quantitative estimate of drug-likeness (QED) is 0.516. The molecule has 0 bridgehead atoms. The van der Waals surface area contributed by atoms with Gasteiger partial charge in [-0.3, -0.25) is 0 Å². The zero-order valence-electron chi connectivity index (χ0n) is 18.0. The van der Waals surface area contributed by atoms with Crippen molar-refractivity contribution in [2.24, 2.45) is 0 Å². The first-order valence-electron chi connectivity index (χ1n) is 10.2. The number of unbranched alkanes of at least 4 members (excludes halogenated alkanes) is 2. The maximum Gasteiger partial charge on any atom is 0.410 e. The Morgan fingerprint density at radius 1 is 1.21 bits per heavy atom. The summed E-state index contributed by atoms with van der Waals surface area (Å²) in [6.45, 7) is 11.0. The number of hydrogen-bond acceptors (Lipinski definition) is 5. The van der Waals surface area contributed by atoms with Gasteiger partial charge >= 0.3 is 12.2 Å². The van der Waals surface area contributed by atoms with Gasteiger partial charge in [-0.1, -0.05) is 39.2 Å². The van der Waals surface area contributed by atoms with Crippen LogP contribution in [-0.2, 0) is 16.0 Å². The Bertz CT molecular complexity index is 569. The van der Waals surface area contributed by atoms with Crippen molar-refractivity contribution in [2.75, 3.05) is 13.2 Å². The summed E-state index contributed by atoms with van der Waals surface area (Å²) in [5, 5.41) is 4.84. The molecule has 0 spiro atoms. The highest BCUT2D eigenvalue weighted by atomic mass is 32.1. The van der Waals surface area contributed by atoms with E-state index in [0.29, 0.717) is 13.1 Å². The van der Waals surface area contributed by atoms with Crippen LogP contribution in [0.4, 0.5) is 9.59 Å². The van der Waals surface area contributed by atoms with Crippen molar-refractivity contribution < 1.29 is 19.1 Å². The van der Waals surface area contributed by atoms with E-state index in [1.807, 2.05) is 38.3 Å². The maximum atomic E-state index is 12.6. The van der Waals surface area contributed by atoms with Crippen LogP contribution < -0.4 is 5.32 Å². The van der Waals surface area contributed by atoms with Crippen molar-refractivity contribution in [3.05, 3.63) is 22.4 Å². The molecule has 1 heterocycles. The Morgan fingerprint density at radius 2 is 1.93 bits per heavy atom. The molecule has 2 amide bonds. The van der Waals surface area contributed by atoms with Gasteiger partial charge in [-0.05, 0) is 45.1 Å². The highest BCUT2D eigenvalue weighted by molar-refractivity contribution is 7.09. The van der Waals surface area contributed by atoms with E-state index in [-0.39, 0.29) is 18.7 Å². The molecule has 0 fully saturated rings. The second kappa shape index (κ2) is 12.6. The molecule has 0 unspecified atom stereocenters. The van der Waals surface area contributed by atoms with Gasteiger partial charge in [0.25, 0.3) is 0 Å². The zero-order valence-corrected chi connectivity index (χ0v) is 18.8. The molecule has 1 rings (SSSR count). The third kappa shape index (κ3) is 10.5. The Morgan fingerprint density at radius 3 is 2.50 bits per heavy atom. The number of ether oxygens (including phenoxy) is 2. The number of carbonyl (C=O) groups is 2. The Labute approximate surface area is 173 Å². The van der Waals surface area contributed by atoms with Crippen molar-refractivity contribution in [1.82, 2.24) is 10.2 Å². The van der Waals surface area contributed by atoms with Crippen molar-refractivity contribution in [2.45, 2.75) is 84.9 Å². The number of alkyl carbamates (subject to hydrolysis) is 1. The molecule has 0 saturated heterocycles. The first-order valence-corrected chi connectivity index (χ1v) is 11.1. The summed E-state index contributed by atoms with van der Waals surface area (Å²) in [4.78, 5) is 27.6. The standard InChI is InChI=1S/C21H36N2O4S/c1-6-8-11-17(22-19(24)27-21(3,4)5)16-26-20(25)23(13-9-7-2)15-18-12-10-14-28-18/h10,12,14,17H,6-9,11,13,15-16H2,1-5H3,(H,22,24)/t17-/m1/s1. The molecule has 1 aromatic heterocycles. The SMILES string of the molecule is CCCC[C@H](COC(=O)N(CCCC)Cc1cccs1)NC(=O)OC(C)(C)C. The van der Waals surface area contributed by atoms with E-state index in [1.165, 1.54) is 0 Å². The normalized spacial score (nSPS) is 12.3. The summed E-state index contributed by atoms with van der Waals surface area (Å²) in [5.41, 5.74) is -0.562. The lowest BCUT2D eigenvalue weighted by Crippen LogP contribution is -2.43. The lowest BCUT2D eigenvalue weighted by Gasteiger charge is -2.25. The van der Waals surface area contributed by atoms with Gasteiger partial charge in [0.1, 0.15) is 12.2 Å². The van der Waals surface area contributed by atoms with Crippen LogP contribution in [-0.4, -0.2) is 41.9 Å². The molecule has 28 heavy (non-hydrogen) atoms. The molecule has 7 heteroatoms. The number of thiophene rings is 1. The topological polar surface area (TPSA) is 67.9 Å². The van der Waals surface area contributed by atoms with E-state index in [2.05, 4.69) is 19.2 Å². The van der Waals surface area contributed by atoms with Gasteiger partial charge in [-0.25, -0.2) is 9.59 Å². The average Bonchev–Trinajstić information content (AvgIpc) is 3.12. The minimum Gasteiger partial charge on any atom is -0.447 e. The van der Waals surface area contributed by atoms with Crippen LogP contribution >= 0.6 is 11.3 Å². The van der Waals surface area contributed by atoms with Crippen LogP contribution in [0, 0.1) is 0 Å². The molecule has 1 aromatic rings. The van der Waals surface area contributed by atoms with Crippen molar-refractivity contribution in [1.29, 1.82) is 0 Å². The fraction of sp³-hybridized carbons (Fsp3) is 0.714. The van der Waals surface area contributed by atoms with Crippen molar-refractivity contribution >= 4 is 23.5 Å². The number of rotatable bonds is 11. The van der Waals surface area contributed by atoms with E-state index in [4.69, 9.17) is 9.47 Å². The number of carbonyl (C=O) groups excluding carboxylic acids is 2. The number of nitrogens with zero attached hydrogens (tertiary/aromatic N) is 1. The van der Waals surface area contributed by atoms with Crippen molar-refractivity contribution in [3.8, 4) is 0 Å².